The van der Waals surface area contributed by atoms with Crippen LogP contribution in [0.25, 0.3) is 0 Å². The van der Waals surface area contributed by atoms with Crippen LogP contribution in [0.15, 0.2) is 0 Å². The first-order chi connectivity index (χ1) is 8.07. The van der Waals surface area contributed by atoms with E-state index >= 15 is 0 Å². The highest BCUT2D eigenvalue weighted by Crippen LogP contribution is 2.27. The minimum Gasteiger partial charge on any atom is -0.355 e. The van der Waals surface area contributed by atoms with Crippen LogP contribution >= 0.6 is 12.4 Å². The number of hydrogen-bond acceptors (Lipinski definition) is 2. The first-order valence-electron chi connectivity index (χ1n) is 6.46. The fourth-order valence-electron chi connectivity index (χ4n) is 2.72. The quantitative estimate of drug-likeness (QED) is 0.829. The van der Waals surface area contributed by atoms with Crippen molar-refractivity contribution in [2.45, 2.75) is 50.5 Å². The van der Waals surface area contributed by atoms with Gasteiger partial charge in [-0.15, -0.1) is 12.4 Å². The molecule has 2 aliphatic rings. The fourth-order valence-corrected chi connectivity index (χ4v) is 2.72. The lowest BCUT2D eigenvalue weighted by molar-refractivity contribution is -0.123. The van der Waals surface area contributed by atoms with Crippen molar-refractivity contribution < 1.29 is 13.6 Å². The van der Waals surface area contributed by atoms with Crippen LogP contribution in [0.3, 0.4) is 0 Å². The highest BCUT2D eigenvalue weighted by atomic mass is 35.5. The molecule has 3 nitrogen and oxygen atoms in total. The Bertz CT molecular complexity index is 283. The van der Waals surface area contributed by atoms with E-state index in [1.54, 1.807) is 0 Å². The number of alkyl halides is 2. The Morgan fingerprint density at radius 1 is 1.33 bits per heavy atom. The van der Waals surface area contributed by atoms with Gasteiger partial charge in [-0.25, -0.2) is 8.78 Å². The summed E-state index contributed by atoms with van der Waals surface area (Å²) in [5.41, 5.74) is 0. The Hall–Kier alpha value is -0.420. The van der Waals surface area contributed by atoms with Gasteiger partial charge >= 0.3 is 0 Å². The van der Waals surface area contributed by atoms with E-state index in [9.17, 15) is 13.6 Å². The first kappa shape index (κ1) is 15.6. The smallest absolute Gasteiger partial charge is 0.262 e. The molecule has 0 spiro atoms. The molecule has 0 aromatic rings. The molecule has 106 valence electrons. The minimum atomic E-state index is -2.73. The molecule has 1 unspecified atom stereocenters. The van der Waals surface area contributed by atoms with Crippen LogP contribution in [0.1, 0.15) is 38.5 Å². The largest absolute Gasteiger partial charge is 0.355 e. The second-order valence-corrected chi connectivity index (χ2v) is 5.22. The monoisotopic (exact) mass is 282 g/mol. The molecule has 1 aliphatic heterocycles. The van der Waals surface area contributed by atoms with Crippen LogP contribution in [-0.4, -0.2) is 31.0 Å². The van der Waals surface area contributed by atoms with Crippen LogP contribution in [0.4, 0.5) is 8.78 Å². The summed E-state index contributed by atoms with van der Waals surface area (Å²) in [7, 11) is 0. The van der Waals surface area contributed by atoms with Gasteiger partial charge in [-0.05, 0) is 12.3 Å². The molecule has 2 rings (SSSR count). The first-order valence-corrected chi connectivity index (χ1v) is 6.46. The van der Waals surface area contributed by atoms with Gasteiger partial charge in [0.25, 0.3) is 5.92 Å². The second kappa shape index (κ2) is 6.66. The summed E-state index contributed by atoms with van der Waals surface area (Å²) in [5, 5.41) is 5.32. The molecule has 1 aliphatic carbocycles. The van der Waals surface area contributed by atoms with E-state index in [1.165, 1.54) is 25.7 Å². The lowest BCUT2D eigenvalue weighted by atomic mass is 10.0. The number of amides is 1. The number of carbonyl (C=O) groups excluding carboxylic acids is 1. The minimum absolute atomic E-state index is 0. The van der Waals surface area contributed by atoms with Gasteiger partial charge in [0.05, 0.1) is 12.6 Å². The van der Waals surface area contributed by atoms with E-state index < -0.39 is 12.0 Å². The Morgan fingerprint density at radius 2 is 2.00 bits per heavy atom. The molecule has 1 heterocycles. The summed E-state index contributed by atoms with van der Waals surface area (Å²) >= 11 is 0. The van der Waals surface area contributed by atoms with E-state index in [0.29, 0.717) is 12.5 Å². The van der Waals surface area contributed by atoms with Crippen LogP contribution in [-0.2, 0) is 4.79 Å². The zero-order valence-electron chi connectivity index (χ0n) is 10.4. The van der Waals surface area contributed by atoms with E-state index in [-0.39, 0.29) is 31.3 Å². The summed E-state index contributed by atoms with van der Waals surface area (Å²) in [6, 6.07) is -0.714. The molecule has 1 amide bonds. The standard InChI is InChI=1S/C12H20F2N2O.ClH/c13-12(14)7-10(16-8-12)11(17)15-6-5-9-3-1-2-4-9;/h9-10,16H,1-8H2,(H,15,17);1H. The zero-order chi connectivity index (χ0) is 12.3. The van der Waals surface area contributed by atoms with Gasteiger partial charge in [-0.1, -0.05) is 25.7 Å². The number of halogens is 3. The van der Waals surface area contributed by atoms with Crippen molar-refractivity contribution in [2.75, 3.05) is 13.1 Å². The Kier molecular flexibility index (Phi) is 5.79. The van der Waals surface area contributed by atoms with Gasteiger partial charge in [0, 0.05) is 13.0 Å². The SMILES string of the molecule is Cl.O=C(NCCC1CCCC1)C1CC(F)(F)CN1. The third-order valence-electron chi connectivity index (χ3n) is 3.75. The average molecular weight is 283 g/mol. The maximum atomic E-state index is 12.9. The predicted molar refractivity (Wildman–Crippen MR) is 68.2 cm³/mol. The molecule has 1 atom stereocenters. The van der Waals surface area contributed by atoms with Crippen molar-refractivity contribution in [1.29, 1.82) is 0 Å². The third kappa shape index (κ3) is 4.35. The highest BCUT2D eigenvalue weighted by Gasteiger charge is 2.42. The molecular formula is C12H21ClF2N2O. The van der Waals surface area contributed by atoms with E-state index in [2.05, 4.69) is 10.6 Å². The zero-order valence-corrected chi connectivity index (χ0v) is 11.2. The van der Waals surface area contributed by atoms with E-state index in [0.717, 1.165) is 6.42 Å². The summed E-state index contributed by atoms with van der Waals surface area (Å²) < 4.78 is 25.8. The van der Waals surface area contributed by atoms with Crippen LogP contribution in [0, 0.1) is 5.92 Å². The average Bonchev–Trinajstić information content (AvgIpc) is 2.87. The molecule has 0 bridgehead atoms. The van der Waals surface area contributed by atoms with Crippen molar-refractivity contribution in [3.8, 4) is 0 Å². The number of carbonyl (C=O) groups is 1. The number of nitrogens with one attached hydrogen (secondary N) is 2. The second-order valence-electron chi connectivity index (χ2n) is 5.22. The molecule has 18 heavy (non-hydrogen) atoms. The Labute approximate surface area is 112 Å². The van der Waals surface area contributed by atoms with Crippen molar-refractivity contribution in [3.63, 3.8) is 0 Å². The highest BCUT2D eigenvalue weighted by molar-refractivity contribution is 5.85. The Morgan fingerprint density at radius 3 is 2.56 bits per heavy atom. The number of hydrogen-bond donors (Lipinski definition) is 2. The molecular weight excluding hydrogens is 262 g/mol. The maximum Gasteiger partial charge on any atom is 0.262 e. The summed E-state index contributed by atoms with van der Waals surface area (Å²) in [5.74, 6) is -2.29. The van der Waals surface area contributed by atoms with Gasteiger partial charge in [0.15, 0.2) is 0 Å². The van der Waals surface area contributed by atoms with Gasteiger partial charge in [-0.2, -0.15) is 0 Å². The lowest BCUT2D eigenvalue weighted by Gasteiger charge is -2.13. The topological polar surface area (TPSA) is 41.1 Å². The molecule has 1 saturated carbocycles. The summed E-state index contributed by atoms with van der Waals surface area (Å²) in [4.78, 5) is 11.6. The van der Waals surface area contributed by atoms with Crippen molar-refractivity contribution >= 4 is 18.3 Å². The van der Waals surface area contributed by atoms with Crippen molar-refractivity contribution in [2.24, 2.45) is 5.92 Å². The summed E-state index contributed by atoms with van der Waals surface area (Å²) in [6.45, 7) is 0.237. The predicted octanol–water partition coefficient (Wildman–Crippen LogP) is 2.10. The molecule has 2 fully saturated rings. The molecule has 0 radical (unpaired) electrons. The molecule has 0 aromatic carbocycles. The molecule has 0 aromatic heterocycles. The molecule has 6 heteroatoms. The molecule has 1 saturated heterocycles. The van der Waals surface area contributed by atoms with Gasteiger partial charge in [0.1, 0.15) is 0 Å². The van der Waals surface area contributed by atoms with Crippen LogP contribution < -0.4 is 10.6 Å². The van der Waals surface area contributed by atoms with Crippen molar-refractivity contribution in [3.05, 3.63) is 0 Å². The number of rotatable bonds is 4. The molecule has 2 N–H and O–H groups in total. The lowest BCUT2D eigenvalue weighted by Crippen LogP contribution is -2.41. The van der Waals surface area contributed by atoms with Gasteiger partial charge in [-0.3, -0.25) is 10.1 Å². The van der Waals surface area contributed by atoms with Crippen LogP contribution in [0.5, 0.6) is 0 Å². The van der Waals surface area contributed by atoms with Crippen LogP contribution in [0.2, 0.25) is 0 Å². The van der Waals surface area contributed by atoms with E-state index in [4.69, 9.17) is 0 Å². The maximum absolute atomic E-state index is 12.9. The third-order valence-corrected chi connectivity index (χ3v) is 3.75. The van der Waals surface area contributed by atoms with Gasteiger partial charge in [0.2, 0.25) is 5.91 Å². The normalized spacial score (nSPS) is 26.9. The summed E-state index contributed by atoms with van der Waals surface area (Å²) in [6.07, 6.45) is 5.67. The van der Waals surface area contributed by atoms with Crippen molar-refractivity contribution in [1.82, 2.24) is 10.6 Å². The van der Waals surface area contributed by atoms with E-state index in [1.807, 2.05) is 0 Å². The fraction of sp³-hybridized carbons (Fsp3) is 0.917. The van der Waals surface area contributed by atoms with Gasteiger partial charge < -0.3 is 5.32 Å². The Balaban J connectivity index is 0.00000162.